The van der Waals surface area contributed by atoms with E-state index in [1.165, 1.54) is 23.9 Å². The smallest absolute Gasteiger partial charge is 0.247 e. The van der Waals surface area contributed by atoms with Crippen molar-refractivity contribution in [2.45, 2.75) is 32.1 Å². The lowest BCUT2D eigenvalue weighted by Gasteiger charge is -2.15. The Labute approximate surface area is 190 Å². The summed E-state index contributed by atoms with van der Waals surface area (Å²) in [6, 6.07) is 7.95. The molecule has 0 bridgehead atoms. The molecule has 32 heavy (non-hydrogen) atoms. The van der Waals surface area contributed by atoms with E-state index in [0.29, 0.717) is 35.0 Å². The number of amides is 2. The molecule has 2 aromatic rings. The minimum Gasteiger partial charge on any atom is -0.467 e. The van der Waals surface area contributed by atoms with Crippen LogP contribution in [-0.4, -0.2) is 27.6 Å². The van der Waals surface area contributed by atoms with Gasteiger partial charge in [0.2, 0.25) is 12.3 Å². The number of aryl methyl sites for hydroxylation is 1. The van der Waals surface area contributed by atoms with Crippen molar-refractivity contribution >= 4 is 34.9 Å². The van der Waals surface area contributed by atoms with E-state index in [0.717, 1.165) is 5.57 Å². The fourth-order valence-corrected chi connectivity index (χ4v) is 4.32. The Bertz CT molecular complexity index is 1070. The van der Waals surface area contributed by atoms with Crippen molar-refractivity contribution in [3.8, 4) is 0 Å². The summed E-state index contributed by atoms with van der Waals surface area (Å²) < 4.78 is 19.0. The van der Waals surface area contributed by atoms with Crippen molar-refractivity contribution in [2.75, 3.05) is 0 Å². The van der Waals surface area contributed by atoms with Gasteiger partial charge in [0.15, 0.2) is 5.17 Å². The molecule has 166 valence electrons. The SMILES string of the molecule is C/C=C\C(=CC/C=C/NC=O)C1SC(=Nc2ccc(F)cc2C)N(Cc2ccco2)C1=O. The minimum absolute atomic E-state index is 0.107. The molecule has 1 unspecified atom stereocenters. The number of rotatable bonds is 9. The van der Waals surface area contributed by atoms with Gasteiger partial charge in [-0.1, -0.05) is 36.1 Å². The minimum atomic E-state index is -0.479. The van der Waals surface area contributed by atoms with Crippen molar-refractivity contribution in [3.05, 3.63) is 89.8 Å². The van der Waals surface area contributed by atoms with Crippen LogP contribution in [-0.2, 0) is 16.1 Å². The number of allylic oxidation sites excluding steroid dienone is 4. The van der Waals surface area contributed by atoms with E-state index in [2.05, 4.69) is 10.3 Å². The average Bonchev–Trinajstić information content (AvgIpc) is 3.39. The molecule has 2 amide bonds. The highest BCUT2D eigenvalue weighted by Gasteiger charge is 2.39. The quantitative estimate of drug-likeness (QED) is 0.428. The van der Waals surface area contributed by atoms with E-state index in [4.69, 9.17) is 4.42 Å². The first kappa shape index (κ1) is 23.3. The van der Waals surface area contributed by atoms with Crippen LogP contribution in [0.25, 0.3) is 0 Å². The molecular formula is C24H24FN3O3S. The first-order valence-electron chi connectivity index (χ1n) is 10.1. The van der Waals surface area contributed by atoms with Gasteiger partial charge in [-0.3, -0.25) is 14.5 Å². The number of carbonyl (C=O) groups is 2. The van der Waals surface area contributed by atoms with Crippen molar-refractivity contribution < 1.29 is 18.4 Å². The standard InChI is InChI=1S/C24H24FN3O3S/c1-3-7-18(8-4-5-12-26-16-29)22-23(30)28(15-20-9-6-13-31-20)24(32-22)27-21-11-10-19(25)14-17(21)2/h3,5-14,16,22H,4,15H2,1-2H3,(H,26,29)/b7-3-,12-5+,18-8?,27-24?. The van der Waals surface area contributed by atoms with Gasteiger partial charge in [-0.2, -0.15) is 0 Å². The highest BCUT2D eigenvalue weighted by Crippen LogP contribution is 2.36. The maximum absolute atomic E-state index is 13.5. The van der Waals surface area contributed by atoms with E-state index < -0.39 is 5.25 Å². The van der Waals surface area contributed by atoms with Gasteiger partial charge < -0.3 is 9.73 Å². The van der Waals surface area contributed by atoms with Crippen LogP contribution in [0.1, 0.15) is 24.7 Å². The number of benzene rings is 1. The molecule has 1 aliphatic rings. The molecule has 6 nitrogen and oxygen atoms in total. The van der Waals surface area contributed by atoms with E-state index >= 15 is 0 Å². The van der Waals surface area contributed by atoms with Gasteiger partial charge in [0.1, 0.15) is 16.8 Å². The van der Waals surface area contributed by atoms with E-state index in [1.807, 2.05) is 25.2 Å². The molecule has 0 radical (unpaired) electrons. The first-order chi connectivity index (χ1) is 15.5. The number of amidine groups is 1. The van der Waals surface area contributed by atoms with Crippen molar-refractivity contribution in [3.63, 3.8) is 0 Å². The van der Waals surface area contributed by atoms with Crippen LogP contribution in [0.5, 0.6) is 0 Å². The first-order valence-corrected chi connectivity index (χ1v) is 10.9. The van der Waals surface area contributed by atoms with Crippen molar-refractivity contribution in [2.24, 2.45) is 4.99 Å². The molecule has 0 aliphatic carbocycles. The van der Waals surface area contributed by atoms with Crippen LogP contribution in [0.3, 0.4) is 0 Å². The largest absolute Gasteiger partial charge is 0.467 e. The topological polar surface area (TPSA) is 74.9 Å². The second kappa shape index (κ2) is 11.3. The molecule has 2 heterocycles. The third-order valence-corrected chi connectivity index (χ3v) is 5.88. The fourth-order valence-electron chi connectivity index (χ4n) is 3.14. The molecule has 0 saturated carbocycles. The summed E-state index contributed by atoms with van der Waals surface area (Å²) in [5.74, 6) is 0.203. The second-order valence-electron chi connectivity index (χ2n) is 6.95. The van der Waals surface area contributed by atoms with Gasteiger partial charge in [0.25, 0.3) is 0 Å². The van der Waals surface area contributed by atoms with Crippen LogP contribution in [0.2, 0.25) is 0 Å². The van der Waals surface area contributed by atoms with Crippen LogP contribution in [0, 0.1) is 12.7 Å². The molecule has 1 N–H and O–H groups in total. The Hall–Kier alpha value is -3.39. The monoisotopic (exact) mass is 453 g/mol. The van der Waals surface area contributed by atoms with Gasteiger partial charge in [-0.15, -0.1) is 0 Å². The number of thioether (sulfide) groups is 1. The zero-order valence-corrected chi connectivity index (χ0v) is 18.6. The summed E-state index contributed by atoms with van der Waals surface area (Å²) in [6.45, 7) is 3.92. The Morgan fingerprint density at radius 3 is 2.91 bits per heavy atom. The average molecular weight is 454 g/mol. The van der Waals surface area contributed by atoms with Gasteiger partial charge in [-0.25, -0.2) is 9.38 Å². The third-order valence-electron chi connectivity index (χ3n) is 4.65. The van der Waals surface area contributed by atoms with Gasteiger partial charge in [0, 0.05) is 0 Å². The predicted octanol–water partition coefficient (Wildman–Crippen LogP) is 5.01. The molecule has 1 aromatic carbocycles. The number of nitrogens with one attached hydrogen (secondary N) is 1. The molecular weight excluding hydrogens is 429 g/mol. The van der Waals surface area contributed by atoms with E-state index in [-0.39, 0.29) is 18.3 Å². The van der Waals surface area contributed by atoms with Crippen LogP contribution >= 0.6 is 11.8 Å². The summed E-state index contributed by atoms with van der Waals surface area (Å²) in [7, 11) is 0. The van der Waals surface area contributed by atoms with Crippen LogP contribution in [0.15, 0.2) is 82.1 Å². The molecule has 1 fully saturated rings. The summed E-state index contributed by atoms with van der Waals surface area (Å²) in [4.78, 5) is 30.0. The Morgan fingerprint density at radius 2 is 2.22 bits per heavy atom. The predicted molar refractivity (Wildman–Crippen MR) is 125 cm³/mol. The number of hydrogen-bond donors (Lipinski definition) is 1. The van der Waals surface area contributed by atoms with E-state index in [1.54, 1.807) is 48.6 Å². The number of carbonyl (C=O) groups excluding carboxylic acids is 2. The number of furan rings is 1. The summed E-state index contributed by atoms with van der Waals surface area (Å²) in [6.07, 6.45) is 11.8. The number of halogens is 1. The molecule has 0 spiro atoms. The molecule has 1 aliphatic heterocycles. The maximum Gasteiger partial charge on any atom is 0.247 e. The van der Waals surface area contributed by atoms with Gasteiger partial charge >= 0.3 is 0 Å². The summed E-state index contributed by atoms with van der Waals surface area (Å²) >= 11 is 1.35. The third kappa shape index (κ3) is 5.85. The Kier molecular flexibility index (Phi) is 8.21. The van der Waals surface area contributed by atoms with Gasteiger partial charge in [-0.05, 0) is 67.9 Å². The molecule has 1 saturated heterocycles. The highest BCUT2D eigenvalue weighted by molar-refractivity contribution is 8.15. The van der Waals surface area contributed by atoms with Crippen LogP contribution < -0.4 is 5.32 Å². The molecule has 1 aromatic heterocycles. The number of nitrogens with zero attached hydrogens (tertiary/aromatic N) is 2. The number of hydrogen-bond acceptors (Lipinski definition) is 5. The van der Waals surface area contributed by atoms with Crippen molar-refractivity contribution in [1.82, 2.24) is 10.2 Å². The Balaban J connectivity index is 1.94. The fraction of sp³-hybridized carbons (Fsp3) is 0.208. The highest BCUT2D eigenvalue weighted by atomic mass is 32.2. The normalized spacial score (nSPS) is 18.4. The maximum atomic E-state index is 13.5. The number of aliphatic imine (C=N–C) groups is 1. The zero-order valence-electron chi connectivity index (χ0n) is 17.8. The molecule has 1 atom stereocenters. The van der Waals surface area contributed by atoms with Crippen molar-refractivity contribution in [1.29, 1.82) is 0 Å². The lowest BCUT2D eigenvalue weighted by Crippen LogP contribution is -2.32. The van der Waals surface area contributed by atoms with Gasteiger partial charge in [0.05, 0.1) is 18.5 Å². The van der Waals surface area contributed by atoms with E-state index in [9.17, 15) is 14.0 Å². The zero-order chi connectivity index (χ0) is 22.9. The molecule has 8 heteroatoms. The summed E-state index contributed by atoms with van der Waals surface area (Å²) in [5, 5.41) is 2.51. The summed E-state index contributed by atoms with van der Waals surface area (Å²) in [5.41, 5.74) is 2.12. The molecule has 3 rings (SSSR count). The Morgan fingerprint density at radius 1 is 1.38 bits per heavy atom. The lowest BCUT2D eigenvalue weighted by atomic mass is 10.1. The second-order valence-corrected chi connectivity index (χ2v) is 8.03. The lowest BCUT2D eigenvalue weighted by molar-refractivity contribution is -0.126. The van der Waals surface area contributed by atoms with Crippen LogP contribution in [0.4, 0.5) is 10.1 Å².